The average Bonchev–Trinajstić information content (AvgIpc) is 3.14. The van der Waals surface area contributed by atoms with Gasteiger partial charge in [-0.05, 0) is 42.4 Å². The Hall–Kier alpha value is -2.64. The lowest BCUT2D eigenvalue weighted by molar-refractivity contribution is -0.115. The number of nitrogens with one attached hydrogen (secondary N) is 1. The van der Waals surface area contributed by atoms with Crippen molar-refractivity contribution in [1.82, 2.24) is 4.98 Å². The monoisotopic (exact) mass is 438 g/mol. The van der Waals surface area contributed by atoms with E-state index >= 15 is 0 Å². The molecule has 7 heteroatoms. The number of aromatic hydroxyl groups is 1. The zero-order valence-electron chi connectivity index (χ0n) is 16.6. The standard InChI is InChI=1S/C23H22N2O3S2/c1-2-29-15-9-7-14(8-10-15)13-20(27)25-23-24-18-12-11-17(21(28)22(18)30-23)16-5-3-4-6-19(16)26/h3-10,17,26H,2,11-13H2,1H3,(H,24,25,27). The number of carbonyl (C=O) groups excluding carboxylic acids is 2. The highest BCUT2D eigenvalue weighted by atomic mass is 32.2. The predicted molar refractivity (Wildman–Crippen MR) is 121 cm³/mol. The second-order valence-electron chi connectivity index (χ2n) is 7.11. The molecule has 4 rings (SSSR count). The van der Waals surface area contributed by atoms with E-state index in [9.17, 15) is 14.7 Å². The van der Waals surface area contributed by atoms with Gasteiger partial charge in [0.25, 0.3) is 0 Å². The number of para-hydroxylation sites is 1. The first-order valence-corrected chi connectivity index (χ1v) is 11.7. The van der Waals surface area contributed by atoms with Crippen LogP contribution in [0.4, 0.5) is 5.13 Å². The maximum atomic E-state index is 13.0. The largest absolute Gasteiger partial charge is 0.508 e. The Kier molecular flexibility index (Phi) is 6.20. The van der Waals surface area contributed by atoms with Crippen molar-refractivity contribution in [2.75, 3.05) is 11.1 Å². The van der Waals surface area contributed by atoms with Gasteiger partial charge in [-0.2, -0.15) is 0 Å². The number of Topliss-reactive ketones (excluding diaryl/α,β-unsaturated/α-hetero) is 1. The number of hydrogen-bond donors (Lipinski definition) is 2. The lowest BCUT2D eigenvalue weighted by Crippen LogP contribution is -2.19. The molecule has 0 aliphatic heterocycles. The molecule has 0 fully saturated rings. The van der Waals surface area contributed by atoms with Gasteiger partial charge in [0.05, 0.1) is 22.9 Å². The minimum absolute atomic E-state index is 0.0419. The van der Waals surface area contributed by atoms with Crippen LogP contribution in [0.2, 0.25) is 0 Å². The number of aromatic nitrogens is 1. The Balaban J connectivity index is 1.44. The Bertz CT molecular complexity index is 1080. The number of anilines is 1. The number of benzene rings is 2. The number of thioether (sulfide) groups is 1. The number of aryl methyl sites for hydroxylation is 1. The van der Waals surface area contributed by atoms with Crippen LogP contribution in [0, 0.1) is 0 Å². The van der Waals surface area contributed by atoms with E-state index in [0.717, 1.165) is 17.0 Å². The number of thiazole rings is 1. The predicted octanol–water partition coefficient (Wildman–Crippen LogP) is 5.05. The third-order valence-corrected chi connectivity index (χ3v) is 6.99. The van der Waals surface area contributed by atoms with Gasteiger partial charge in [-0.25, -0.2) is 4.98 Å². The molecule has 1 aliphatic carbocycles. The molecule has 0 bridgehead atoms. The van der Waals surface area contributed by atoms with Crippen LogP contribution in [0.25, 0.3) is 0 Å². The van der Waals surface area contributed by atoms with E-state index in [-0.39, 0.29) is 29.8 Å². The molecule has 154 valence electrons. The molecule has 0 saturated heterocycles. The number of fused-ring (bicyclic) bond motifs is 1. The summed E-state index contributed by atoms with van der Waals surface area (Å²) in [4.78, 5) is 31.7. The van der Waals surface area contributed by atoms with Gasteiger partial charge >= 0.3 is 0 Å². The quantitative estimate of drug-likeness (QED) is 0.526. The van der Waals surface area contributed by atoms with Gasteiger partial charge < -0.3 is 10.4 Å². The number of phenols is 1. The fourth-order valence-electron chi connectivity index (χ4n) is 3.64. The van der Waals surface area contributed by atoms with Crippen molar-refractivity contribution in [3.8, 4) is 5.75 Å². The minimum atomic E-state index is -0.373. The van der Waals surface area contributed by atoms with Crippen molar-refractivity contribution in [1.29, 1.82) is 0 Å². The summed E-state index contributed by atoms with van der Waals surface area (Å²) in [5.74, 6) is 0.585. The summed E-state index contributed by atoms with van der Waals surface area (Å²) in [7, 11) is 0. The third kappa shape index (κ3) is 4.42. The lowest BCUT2D eigenvalue weighted by Gasteiger charge is -2.20. The van der Waals surface area contributed by atoms with Crippen molar-refractivity contribution in [3.63, 3.8) is 0 Å². The van der Waals surface area contributed by atoms with Gasteiger partial charge in [0.15, 0.2) is 10.9 Å². The molecule has 1 unspecified atom stereocenters. The number of ketones is 1. The summed E-state index contributed by atoms with van der Waals surface area (Å²) in [5, 5.41) is 13.4. The van der Waals surface area contributed by atoms with Crippen LogP contribution in [-0.2, 0) is 17.6 Å². The number of rotatable bonds is 6. The minimum Gasteiger partial charge on any atom is -0.508 e. The Morgan fingerprint density at radius 3 is 2.73 bits per heavy atom. The van der Waals surface area contributed by atoms with Crippen LogP contribution < -0.4 is 5.32 Å². The van der Waals surface area contributed by atoms with E-state index < -0.39 is 0 Å². The van der Waals surface area contributed by atoms with Gasteiger partial charge in [-0.1, -0.05) is 48.6 Å². The zero-order chi connectivity index (χ0) is 21.1. The molecule has 3 aromatic rings. The van der Waals surface area contributed by atoms with Gasteiger partial charge in [0.1, 0.15) is 5.75 Å². The zero-order valence-corrected chi connectivity index (χ0v) is 18.2. The Labute approximate surface area is 183 Å². The van der Waals surface area contributed by atoms with Crippen LogP contribution in [0.1, 0.15) is 45.8 Å². The highest BCUT2D eigenvalue weighted by Crippen LogP contribution is 2.39. The molecule has 0 radical (unpaired) electrons. The van der Waals surface area contributed by atoms with Crippen molar-refractivity contribution < 1.29 is 14.7 Å². The molecular weight excluding hydrogens is 416 g/mol. The van der Waals surface area contributed by atoms with E-state index in [1.165, 1.54) is 16.2 Å². The number of phenolic OH excluding ortho intramolecular Hbond substituents is 1. The second-order valence-corrected chi connectivity index (χ2v) is 9.45. The Morgan fingerprint density at radius 2 is 2.00 bits per heavy atom. The average molecular weight is 439 g/mol. The first-order valence-electron chi connectivity index (χ1n) is 9.88. The molecule has 5 nitrogen and oxygen atoms in total. The van der Waals surface area contributed by atoms with Gasteiger partial charge in [-0.15, -0.1) is 11.8 Å². The fourth-order valence-corrected chi connectivity index (χ4v) is 5.32. The van der Waals surface area contributed by atoms with E-state index in [1.54, 1.807) is 30.0 Å². The topological polar surface area (TPSA) is 79.3 Å². The normalized spacial score (nSPS) is 15.6. The summed E-state index contributed by atoms with van der Waals surface area (Å²) in [6.45, 7) is 2.11. The molecule has 30 heavy (non-hydrogen) atoms. The summed E-state index contributed by atoms with van der Waals surface area (Å²) >= 11 is 2.98. The Morgan fingerprint density at radius 1 is 1.23 bits per heavy atom. The highest BCUT2D eigenvalue weighted by molar-refractivity contribution is 7.99. The molecule has 0 saturated carbocycles. The maximum Gasteiger partial charge on any atom is 0.230 e. The third-order valence-electron chi connectivity index (χ3n) is 5.07. The smallest absolute Gasteiger partial charge is 0.230 e. The van der Waals surface area contributed by atoms with E-state index in [0.29, 0.717) is 28.4 Å². The molecule has 1 aromatic heterocycles. The molecule has 0 spiro atoms. The molecule has 2 aromatic carbocycles. The van der Waals surface area contributed by atoms with Gasteiger partial charge in [0, 0.05) is 10.5 Å². The molecule has 1 amide bonds. The van der Waals surface area contributed by atoms with E-state index in [4.69, 9.17) is 0 Å². The maximum absolute atomic E-state index is 13.0. The summed E-state index contributed by atoms with van der Waals surface area (Å²) in [6.07, 6.45) is 1.50. The van der Waals surface area contributed by atoms with Gasteiger partial charge in [0.2, 0.25) is 5.91 Å². The van der Waals surface area contributed by atoms with E-state index in [2.05, 4.69) is 17.2 Å². The van der Waals surface area contributed by atoms with Crippen molar-refractivity contribution in [3.05, 3.63) is 70.2 Å². The van der Waals surface area contributed by atoms with Crippen LogP contribution in [0.15, 0.2) is 53.4 Å². The second kappa shape index (κ2) is 9.02. The van der Waals surface area contributed by atoms with Crippen LogP contribution >= 0.6 is 23.1 Å². The first kappa shape index (κ1) is 20.6. The molecule has 1 heterocycles. The van der Waals surface area contributed by atoms with Crippen LogP contribution in [-0.4, -0.2) is 27.5 Å². The van der Waals surface area contributed by atoms with Crippen LogP contribution in [0.5, 0.6) is 5.75 Å². The summed E-state index contributed by atoms with van der Waals surface area (Å²) < 4.78 is 0. The molecule has 2 N–H and O–H groups in total. The number of nitrogens with zero attached hydrogens (tertiary/aromatic N) is 1. The summed E-state index contributed by atoms with van der Waals surface area (Å²) in [6, 6.07) is 14.9. The van der Waals surface area contributed by atoms with Crippen molar-refractivity contribution >= 4 is 39.9 Å². The highest BCUT2D eigenvalue weighted by Gasteiger charge is 2.33. The first-order chi connectivity index (χ1) is 14.5. The number of carbonyl (C=O) groups is 2. The molecule has 1 aliphatic rings. The molecular formula is C23H22N2O3S2. The number of amides is 1. The van der Waals surface area contributed by atoms with Crippen molar-refractivity contribution in [2.24, 2.45) is 0 Å². The van der Waals surface area contributed by atoms with E-state index in [1.807, 2.05) is 30.3 Å². The lowest BCUT2D eigenvalue weighted by atomic mass is 9.84. The summed E-state index contributed by atoms with van der Waals surface area (Å²) in [5.41, 5.74) is 2.31. The fraction of sp³-hybridized carbons (Fsp3) is 0.261. The van der Waals surface area contributed by atoms with Gasteiger partial charge in [-0.3, -0.25) is 9.59 Å². The van der Waals surface area contributed by atoms with Crippen LogP contribution in [0.3, 0.4) is 0 Å². The number of hydrogen-bond acceptors (Lipinski definition) is 6. The molecule has 1 atom stereocenters. The SMILES string of the molecule is CCSc1ccc(CC(=O)Nc2nc3c(s2)C(=O)C(c2ccccc2O)CC3)cc1. The van der Waals surface area contributed by atoms with Crippen molar-refractivity contribution in [2.45, 2.75) is 37.0 Å².